The minimum absolute atomic E-state index is 0.145. The molecule has 0 bridgehead atoms. The molecule has 0 saturated heterocycles. The highest BCUT2D eigenvalue weighted by molar-refractivity contribution is 7.07. The molecule has 0 aliphatic rings. The van der Waals surface area contributed by atoms with Gasteiger partial charge in [-0.15, -0.1) is 0 Å². The fraction of sp³-hybridized carbons (Fsp3) is 0. The van der Waals surface area contributed by atoms with E-state index in [-0.39, 0.29) is 11.1 Å². The van der Waals surface area contributed by atoms with Crippen LogP contribution in [0.3, 0.4) is 0 Å². The van der Waals surface area contributed by atoms with Crippen molar-refractivity contribution < 1.29 is 9.13 Å². The molecule has 0 fully saturated rings. The second-order valence-corrected chi connectivity index (χ2v) is 3.44. The Hall–Kier alpha value is -1.20. The summed E-state index contributed by atoms with van der Waals surface area (Å²) in [6, 6.07) is 5.62. The predicted octanol–water partition coefficient (Wildman–Crippen LogP) is 3.12. The molecule has 1 aromatic carbocycles. The lowest BCUT2D eigenvalue weighted by Crippen LogP contribution is -1.82. The van der Waals surface area contributed by atoms with Crippen molar-refractivity contribution >= 4 is 23.1 Å². The fourth-order valence-corrected chi connectivity index (χ4v) is 1.52. The average molecular weight is 231 g/mol. The second kappa shape index (κ2) is 3.89. The fourth-order valence-electron chi connectivity index (χ4n) is 0.838. The van der Waals surface area contributed by atoms with Gasteiger partial charge in [0, 0.05) is 11.5 Å². The summed E-state index contributed by atoms with van der Waals surface area (Å²) in [6.07, 6.45) is 0. The van der Waals surface area contributed by atoms with Crippen molar-refractivity contribution in [3.8, 4) is 10.9 Å². The second-order valence-electron chi connectivity index (χ2n) is 2.39. The van der Waals surface area contributed by atoms with Gasteiger partial charge in [0.25, 0.3) is 5.19 Å². The lowest BCUT2D eigenvalue weighted by molar-refractivity contribution is 0.477. The Morgan fingerprint density at radius 3 is 2.57 bits per heavy atom. The van der Waals surface area contributed by atoms with E-state index in [1.807, 2.05) is 0 Å². The van der Waals surface area contributed by atoms with E-state index in [4.69, 9.17) is 16.3 Å². The Bertz CT molecular complexity index is 431. The molecule has 2 aromatic rings. The molecular formula is C8H4ClFN2OS. The maximum Gasteiger partial charge on any atom is 0.299 e. The largest absolute Gasteiger partial charge is 0.430 e. The highest BCUT2D eigenvalue weighted by atomic mass is 35.5. The van der Waals surface area contributed by atoms with Crippen molar-refractivity contribution in [2.24, 2.45) is 0 Å². The zero-order valence-corrected chi connectivity index (χ0v) is 8.35. The first-order valence-electron chi connectivity index (χ1n) is 3.67. The number of hydrogen-bond donors (Lipinski definition) is 0. The van der Waals surface area contributed by atoms with Crippen molar-refractivity contribution in [2.75, 3.05) is 0 Å². The molecule has 0 spiro atoms. The zero-order chi connectivity index (χ0) is 9.97. The van der Waals surface area contributed by atoms with Gasteiger partial charge in [0.05, 0.1) is 0 Å². The molecule has 1 aromatic heterocycles. The van der Waals surface area contributed by atoms with E-state index in [0.29, 0.717) is 10.9 Å². The molecule has 1 heterocycles. The molecule has 0 radical (unpaired) electrons. The molecule has 0 saturated carbocycles. The SMILES string of the molecule is Fc1ccc(Oc2nc(Cl)ns2)cc1. The number of ether oxygens (including phenoxy) is 1. The van der Waals surface area contributed by atoms with Crippen LogP contribution in [0, 0.1) is 5.82 Å². The summed E-state index contributed by atoms with van der Waals surface area (Å²) in [5, 5.41) is 0.480. The minimum atomic E-state index is -0.312. The van der Waals surface area contributed by atoms with Gasteiger partial charge >= 0.3 is 0 Å². The van der Waals surface area contributed by atoms with Gasteiger partial charge in [-0.3, -0.25) is 0 Å². The number of benzene rings is 1. The van der Waals surface area contributed by atoms with Gasteiger partial charge in [0.2, 0.25) is 5.28 Å². The molecule has 72 valence electrons. The van der Waals surface area contributed by atoms with Crippen LogP contribution in [0.15, 0.2) is 24.3 Å². The number of rotatable bonds is 2. The minimum Gasteiger partial charge on any atom is -0.430 e. The van der Waals surface area contributed by atoms with Gasteiger partial charge in [-0.1, -0.05) is 0 Å². The summed E-state index contributed by atoms with van der Waals surface area (Å²) < 4.78 is 21.5. The average Bonchev–Trinajstić information content (AvgIpc) is 2.56. The Kier molecular flexibility index (Phi) is 2.60. The van der Waals surface area contributed by atoms with Crippen LogP contribution in [-0.2, 0) is 0 Å². The molecule has 0 atom stereocenters. The number of halogens is 2. The van der Waals surface area contributed by atoms with Crippen molar-refractivity contribution in [1.29, 1.82) is 0 Å². The Morgan fingerprint density at radius 2 is 2.00 bits per heavy atom. The summed E-state index contributed by atoms with van der Waals surface area (Å²) >= 11 is 6.54. The highest BCUT2D eigenvalue weighted by Crippen LogP contribution is 2.24. The van der Waals surface area contributed by atoms with Crippen molar-refractivity contribution in [1.82, 2.24) is 9.36 Å². The Morgan fingerprint density at radius 1 is 1.29 bits per heavy atom. The monoisotopic (exact) mass is 230 g/mol. The number of nitrogens with zero attached hydrogens (tertiary/aromatic N) is 2. The normalized spacial score (nSPS) is 10.1. The van der Waals surface area contributed by atoms with Gasteiger partial charge in [0.15, 0.2) is 0 Å². The van der Waals surface area contributed by atoms with E-state index < -0.39 is 0 Å². The maximum absolute atomic E-state index is 12.5. The Balaban J connectivity index is 2.15. The van der Waals surface area contributed by atoms with Crippen molar-refractivity contribution in [3.63, 3.8) is 0 Å². The first-order chi connectivity index (χ1) is 6.74. The number of hydrogen-bond acceptors (Lipinski definition) is 4. The van der Waals surface area contributed by atoms with Crippen molar-refractivity contribution in [2.45, 2.75) is 0 Å². The summed E-state index contributed by atoms with van der Waals surface area (Å²) in [7, 11) is 0. The van der Waals surface area contributed by atoms with Crippen LogP contribution in [0.4, 0.5) is 4.39 Å². The molecule has 0 N–H and O–H groups in total. The van der Waals surface area contributed by atoms with Crippen LogP contribution in [0.1, 0.15) is 0 Å². The van der Waals surface area contributed by atoms with E-state index >= 15 is 0 Å². The molecule has 0 aliphatic carbocycles. The topological polar surface area (TPSA) is 35.0 Å². The van der Waals surface area contributed by atoms with Gasteiger partial charge in [-0.2, -0.15) is 9.36 Å². The van der Waals surface area contributed by atoms with E-state index in [2.05, 4.69) is 9.36 Å². The third kappa shape index (κ3) is 2.18. The predicted molar refractivity (Wildman–Crippen MR) is 51.4 cm³/mol. The summed E-state index contributed by atoms with van der Waals surface area (Å²) in [6.45, 7) is 0. The highest BCUT2D eigenvalue weighted by Gasteiger charge is 2.03. The first kappa shape index (κ1) is 9.36. The van der Waals surface area contributed by atoms with E-state index in [0.717, 1.165) is 11.5 Å². The molecular weight excluding hydrogens is 227 g/mol. The van der Waals surface area contributed by atoms with Crippen LogP contribution in [0.2, 0.25) is 5.28 Å². The first-order valence-corrected chi connectivity index (χ1v) is 4.82. The molecule has 14 heavy (non-hydrogen) atoms. The van der Waals surface area contributed by atoms with E-state index in [9.17, 15) is 4.39 Å². The quantitative estimate of drug-likeness (QED) is 0.795. The lowest BCUT2D eigenvalue weighted by atomic mass is 10.3. The van der Waals surface area contributed by atoms with Crippen LogP contribution in [0.25, 0.3) is 0 Å². The van der Waals surface area contributed by atoms with Crippen LogP contribution < -0.4 is 4.74 Å². The van der Waals surface area contributed by atoms with Gasteiger partial charge in [-0.25, -0.2) is 4.39 Å². The molecule has 3 nitrogen and oxygen atoms in total. The molecule has 0 amide bonds. The standard InChI is InChI=1S/C8H4ClFN2OS/c9-7-11-8(14-12-7)13-6-3-1-5(10)2-4-6/h1-4H. The maximum atomic E-state index is 12.5. The summed E-state index contributed by atoms with van der Waals surface area (Å²) in [5.74, 6) is 0.187. The number of aromatic nitrogens is 2. The third-order valence-corrected chi connectivity index (χ3v) is 2.27. The van der Waals surface area contributed by atoms with Gasteiger partial charge in [0.1, 0.15) is 11.6 Å². The van der Waals surface area contributed by atoms with Crippen molar-refractivity contribution in [3.05, 3.63) is 35.4 Å². The summed E-state index contributed by atoms with van der Waals surface area (Å²) in [5.41, 5.74) is 0. The molecule has 6 heteroatoms. The van der Waals surface area contributed by atoms with Gasteiger partial charge < -0.3 is 4.74 Å². The van der Waals surface area contributed by atoms with Gasteiger partial charge in [-0.05, 0) is 35.9 Å². The molecule has 2 rings (SSSR count). The third-order valence-electron chi connectivity index (χ3n) is 1.40. The van der Waals surface area contributed by atoms with Crippen LogP contribution in [-0.4, -0.2) is 9.36 Å². The smallest absolute Gasteiger partial charge is 0.299 e. The lowest BCUT2D eigenvalue weighted by Gasteiger charge is -1.98. The molecule has 0 unspecified atom stereocenters. The zero-order valence-electron chi connectivity index (χ0n) is 6.78. The Labute approximate surface area is 88.3 Å². The van der Waals surface area contributed by atoms with E-state index in [1.54, 1.807) is 0 Å². The van der Waals surface area contributed by atoms with Crippen LogP contribution >= 0.6 is 23.1 Å². The molecule has 0 aliphatic heterocycles. The van der Waals surface area contributed by atoms with E-state index in [1.165, 1.54) is 24.3 Å². The summed E-state index contributed by atoms with van der Waals surface area (Å²) in [4.78, 5) is 3.79. The van der Waals surface area contributed by atoms with Crippen LogP contribution in [0.5, 0.6) is 10.9 Å².